The molecule has 7 nitrogen and oxygen atoms in total. The highest BCUT2D eigenvalue weighted by atomic mass is 32.2. The van der Waals surface area contributed by atoms with E-state index in [1.807, 2.05) is 0 Å². The van der Waals surface area contributed by atoms with Crippen LogP contribution in [0.5, 0.6) is 0 Å². The van der Waals surface area contributed by atoms with Gasteiger partial charge in [-0.3, -0.25) is 4.79 Å². The summed E-state index contributed by atoms with van der Waals surface area (Å²) in [5, 5.41) is 8.54. The molecule has 0 aromatic rings. The topological polar surface area (TPSA) is 105 Å². The van der Waals surface area contributed by atoms with Crippen LogP contribution in [0, 0.1) is 0 Å². The summed E-state index contributed by atoms with van der Waals surface area (Å²) in [6.45, 7) is -2.30. The second-order valence-electron chi connectivity index (χ2n) is 2.90. The minimum Gasteiger partial charge on any atom is -0.480 e. The second kappa shape index (κ2) is 6.14. The van der Waals surface area contributed by atoms with E-state index in [2.05, 4.69) is 4.74 Å². The smallest absolute Gasteiger partial charge is 0.402 e. The van der Waals surface area contributed by atoms with E-state index in [-0.39, 0.29) is 0 Å². The molecule has 0 aliphatic carbocycles. The van der Waals surface area contributed by atoms with Crippen molar-refractivity contribution in [2.45, 2.75) is 12.2 Å². The zero-order chi connectivity index (χ0) is 13.7. The summed E-state index contributed by atoms with van der Waals surface area (Å²) in [5.74, 6) is -1.57. The van der Waals surface area contributed by atoms with Crippen molar-refractivity contribution in [3.8, 4) is 0 Å². The van der Waals surface area contributed by atoms with Gasteiger partial charge in [0, 0.05) is 7.11 Å². The summed E-state index contributed by atoms with van der Waals surface area (Å²) >= 11 is 0. The molecular formula is C6H11F3N2O5S. The van der Waals surface area contributed by atoms with Gasteiger partial charge >= 0.3 is 12.1 Å². The van der Waals surface area contributed by atoms with Gasteiger partial charge in [0.1, 0.15) is 12.6 Å². The van der Waals surface area contributed by atoms with Crippen molar-refractivity contribution in [2.75, 3.05) is 20.3 Å². The lowest BCUT2D eigenvalue weighted by Crippen LogP contribution is -2.50. The average molecular weight is 280 g/mol. The Kier molecular flexibility index (Phi) is 5.81. The van der Waals surface area contributed by atoms with Crippen LogP contribution in [-0.4, -0.2) is 52.0 Å². The fraction of sp³-hybridized carbons (Fsp3) is 0.833. The molecule has 0 saturated carbocycles. The summed E-state index contributed by atoms with van der Waals surface area (Å²) < 4.78 is 64.3. The van der Waals surface area contributed by atoms with Crippen LogP contribution in [0.2, 0.25) is 0 Å². The summed E-state index contributed by atoms with van der Waals surface area (Å²) in [4.78, 5) is 10.5. The Morgan fingerprint density at radius 3 is 2.35 bits per heavy atom. The predicted molar refractivity (Wildman–Crippen MR) is 49.4 cm³/mol. The normalized spacial score (nSPS) is 14.6. The number of aliphatic carboxylic acids is 1. The van der Waals surface area contributed by atoms with Gasteiger partial charge in [0.15, 0.2) is 0 Å². The largest absolute Gasteiger partial charge is 0.480 e. The first-order valence-corrected chi connectivity index (χ1v) is 5.61. The van der Waals surface area contributed by atoms with Crippen molar-refractivity contribution in [1.29, 1.82) is 0 Å². The van der Waals surface area contributed by atoms with E-state index in [1.165, 1.54) is 4.72 Å². The number of carboxylic acid groups (broad SMARTS) is 1. The summed E-state index contributed by atoms with van der Waals surface area (Å²) in [7, 11) is -3.44. The van der Waals surface area contributed by atoms with Crippen LogP contribution < -0.4 is 9.44 Å². The Bertz CT molecular complexity index is 355. The molecule has 0 fully saturated rings. The molecule has 0 saturated heterocycles. The summed E-state index contributed by atoms with van der Waals surface area (Å²) in [6, 6.07) is -1.66. The minimum atomic E-state index is -4.73. The molecule has 0 heterocycles. The fourth-order valence-electron chi connectivity index (χ4n) is 0.728. The third-order valence-electron chi connectivity index (χ3n) is 1.39. The van der Waals surface area contributed by atoms with Crippen LogP contribution in [0.1, 0.15) is 0 Å². The number of rotatable bonds is 7. The Morgan fingerprint density at radius 2 is 2.00 bits per heavy atom. The molecule has 0 aromatic heterocycles. The number of ether oxygens (including phenoxy) is 1. The maximum atomic E-state index is 11.7. The van der Waals surface area contributed by atoms with E-state index in [4.69, 9.17) is 5.11 Å². The standard InChI is InChI=1S/C6H11F3N2O5S/c1-16-2-4(5(12)13)11-17(14,15)10-3-6(7,8)9/h4,10-11H,2-3H2,1H3,(H,12,13). The number of hydrogen-bond donors (Lipinski definition) is 3. The Hall–Kier alpha value is -0.910. The number of carbonyl (C=O) groups is 1. The lowest BCUT2D eigenvalue weighted by molar-refractivity contribution is -0.140. The SMILES string of the molecule is COCC(NS(=O)(=O)NCC(F)(F)F)C(=O)O. The van der Waals surface area contributed by atoms with Gasteiger partial charge in [-0.2, -0.15) is 31.0 Å². The lowest BCUT2D eigenvalue weighted by atomic mass is 10.3. The quantitative estimate of drug-likeness (QED) is 0.559. The highest BCUT2D eigenvalue weighted by molar-refractivity contribution is 7.87. The maximum Gasteiger partial charge on any atom is 0.402 e. The van der Waals surface area contributed by atoms with Crippen LogP contribution in [-0.2, 0) is 19.7 Å². The van der Waals surface area contributed by atoms with E-state index < -0.39 is 41.5 Å². The van der Waals surface area contributed by atoms with E-state index in [0.717, 1.165) is 11.8 Å². The van der Waals surface area contributed by atoms with Gasteiger partial charge in [-0.25, -0.2) is 0 Å². The maximum absolute atomic E-state index is 11.7. The van der Waals surface area contributed by atoms with E-state index >= 15 is 0 Å². The third-order valence-corrected chi connectivity index (χ3v) is 2.51. The van der Waals surface area contributed by atoms with Crippen molar-refractivity contribution in [1.82, 2.24) is 9.44 Å². The van der Waals surface area contributed by atoms with Gasteiger partial charge in [0.05, 0.1) is 6.61 Å². The molecule has 11 heteroatoms. The third kappa shape index (κ3) is 7.90. The van der Waals surface area contributed by atoms with Gasteiger partial charge in [-0.1, -0.05) is 0 Å². The molecule has 102 valence electrons. The van der Waals surface area contributed by atoms with E-state index in [9.17, 15) is 26.4 Å². The van der Waals surface area contributed by atoms with Crippen molar-refractivity contribution in [3.63, 3.8) is 0 Å². The highest BCUT2D eigenvalue weighted by Gasteiger charge is 2.31. The Labute approximate surface area is 95.1 Å². The molecule has 0 aliphatic heterocycles. The molecule has 0 spiro atoms. The summed E-state index contributed by atoms with van der Waals surface area (Å²) in [5.41, 5.74) is 0. The predicted octanol–water partition coefficient (Wildman–Crippen LogP) is -0.928. The molecule has 3 N–H and O–H groups in total. The number of methoxy groups -OCH3 is 1. The van der Waals surface area contributed by atoms with Gasteiger partial charge < -0.3 is 9.84 Å². The van der Waals surface area contributed by atoms with Crippen LogP contribution in [0.3, 0.4) is 0 Å². The van der Waals surface area contributed by atoms with E-state index in [0.29, 0.717) is 0 Å². The first kappa shape index (κ1) is 16.1. The zero-order valence-electron chi connectivity index (χ0n) is 8.61. The average Bonchev–Trinajstić information content (AvgIpc) is 2.13. The number of nitrogens with one attached hydrogen (secondary N) is 2. The molecule has 17 heavy (non-hydrogen) atoms. The Balaban J connectivity index is 4.46. The molecule has 0 aliphatic rings. The van der Waals surface area contributed by atoms with Crippen LogP contribution in [0.4, 0.5) is 13.2 Å². The molecule has 1 unspecified atom stereocenters. The molecule has 0 bridgehead atoms. The zero-order valence-corrected chi connectivity index (χ0v) is 9.43. The fourth-order valence-corrected chi connectivity index (χ4v) is 1.71. The number of halogens is 3. The van der Waals surface area contributed by atoms with Crippen LogP contribution in [0.25, 0.3) is 0 Å². The van der Waals surface area contributed by atoms with Gasteiger partial charge in [-0.15, -0.1) is 0 Å². The van der Waals surface area contributed by atoms with Crippen molar-refractivity contribution in [2.24, 2.45) is 0 Å². The van der Waals surface area contributed by atoms with Crippen molar-refractivity contribution in [3.05, 3.63) is 0 Å². The number of carboxylic acids is 1. The molecule has 1 atom stereocenters. The molecular weight excluding hydrogens is 269 g/mol. The van der Waals surface area contributed by atoms with Crippen molar-refractivity contribution < 1.29 is 36.2 Å². The lowest BCUT2D eigenvalue weighted by Gasteiger charge is -2.15. The van der Waals surface area contributed by atoms with Gasteiger partial charge in [0.25, 0.3) is 10.2 Å². The van der Waals surface area contributed by atoms with Gasteiger partial charge in [-0.05, 0) is 0 Å². The molecule has 0 rings (SSSR count). The van der Waals surface area contributed by atoms with Crippen LogP contribution >= 0.6 is 0 Å². The Morgan fingerprint density at radius 1 is 1.47 bits per heavy atom. The minimum absolute atomic E-state index is 0.512. The first-order chi connectivity index (χ1) is 7.57. The van der Waals surface area contributed by atoms with Crippen molar-refractivity contribution >= 4 is 16.2 Å². The molecule has 0 aromatic carbocycles. The summed E-state index contributed by atoms with van der Waals surface area (Å²) in [6.07, 6.45) is -4.73. The van der Waals surface area contributed by atoms with Gasteiger partial charge in [0.2, 0.25) is 0 Å². The van der Waals surface area contributed by atoms with E-state index in [1.54, 1.807) is 0 Å². The number of alkyl halides is 3. The monoisotopic (exact) mass is 280 g/mol. The van der Waals surface area contributed by atoms with Crippen LogP contribution in [0.15, 0.2) is 0 Å². The second-order valence-corrected chi connectivity index (χ2v) is 4.43. The number of hydrogen-bond acceptors (Lipinski definition) is 4. The first-order valence-electron chi connectivity index (χ1n) is 4.13. The molecule has 0 amide bonds. The highest BCUT2D eigenvalue weighted by Crippen LogP contribution is 2.12. The molecule has 0 radical (unpaired) electrons.